The molecule has 146 valence electrons. The third-order valence-corrected chi connectivity index (χ3v) is 5.39. The molecular formula is C21H25N5O2. The highest BCUT2D eigenvalue weighted by Crippen LogP contribution is 2.17. The quantitative estimate of drug-likeness (QED) is 0.789. The molecule has 0 bridgehead atoms. The van der Waals surface area contributed by atoms with Gasteiger partial charge in [0.2, 0.25) is 5.91 Å². The second kappa shape index (κ2) is 8.37. The number of amides is 2. The van der Waals surface area contributed by atoms with Gasteiger partial charge in [-0.1, -0.05) is 30.3 Å². The molecule has 0 atom stereocenters. The van der Waals surface area contributed by atoms with E-state index in [1.807, 2.05) is 32.9 Å². The van der Waals surface area contributed by atoms with Crippen molar-refractivity contribution in [2.45, 2.75) is 19.3 Å². The molecule has 1 aromatic carbocycles. The zero-order valence-electron chi connectivity index (χ0n) is 16.0. The summed E-state index contributed by atoms with van der Waals surface area (Å²) in [7, 11) is 0. The maximum Gasteiger partial charge on any atom is 0.274 e. The van der Waals surface area contributed by atoms with Gasteiger partial charge in [0.1, 0.15) is 11.5 Å². The molecule has 2 amide bonds. The number of nitrogens with zero attached hydrogens (tertiary/aromatic N) is 5. The molecule has 7 nitrogen and oxygen atoms in total. The van der Waals surface area contributed by atoms with E-state index in [-0.39, 0.29) is 18.4 Å². The summed E-state index contributed by atoms with van der Waals surface area (Å²) < 4.78 is 0. The van der Waals surface area contributed by atoms with Crippen molar-refractivity contribution in [3.8, 4) is 0 Å². The van der Waals surface area contributed by atoms with Gasteiger partial charge in [-0.05, 0) is 24.8 Å². The molecule has 2 fully saturated rings. The van der Waals surface area contributed by atoms with Gasteiger partial charge in [0, 0.05) is 32.7 Å². The lowest BCUT2D eigenvalue weighted by molar-refractivity contribution is -0.130. The molecule has 0 saturated carbocycles. The molecule has 0 spiro atoms. The second-order valence-corrected chi connectivity index (χ2v) is 7.30. The van der Waals surface area contributed by atoms with E-state index >= 15 is 0 Å². The zero-order valence-corrected chi connectivity index (χ0v) is 16.0. The van der Waals surface area contributed by atoms with Crippen molar-refractivity contribution in [1.82, 2.24) is 19.8 Å². The minimum Gasteiger partial charge on any atom is -0.344 e. The number of anilines is 1. The van der Waals surface area contributed by atoms with E-state index in [1.165, 1.54) is 11.8 Å². The maximum atomic E-state index is 12.6. The van der Waals surface area contributed by atoms with E-state index in [9.17, 15) is 9.59 Å². The van der Waals surface area contributed by atoms with Crippen molar-refractivity contribution in [2.75, 3.05) is 44.2 Å². The van der Waals surface area contributed by atoms with Crippen molar-refractivity contribution in [3.63, 3.8) is 0 Å². The molecule has 2 aliphatic rings. The second-order valence-electron chi connectivity index (χ2n) is 7.30. The van der Waals surface area contributed by atoms with Crippen LogP contribution in [0.25, 0.3) is 0 Å². The van der Waals surface area contributed by atoms with Crippen LogP contribution in [-0.2, 0) is 11.2 Å². The van der Waals surface area contributed by atoms with Crippen molar-refractivity contribution in [1.29, 1.82) is 0 Å². The average molecular weight is 379 g/mol. The van der Waals surface area contributed by atoms with Gasteiger partial charge in [-0.3, -0.25) is 14.6 Å². The van der Waals surface area contributed by atoms with E-state index in [0.29, 0.717) is 24.6 Å². The average Bonchev–Trinajstić information content (AvgIpc) is 3.28. The maximum absolute atomic E-state index is 12.6. The molecule has 2 aromatic rings. The Kier molecular flexibility index (Phi) is 5.50. The number of carbonyl (C=O) groups excluding carboxylic acids is 2. The summed E-state index contributed by atoms with van der Waals surface area (Å²) in [6.45, 7) is 3.89. The van der Waals surface area contributed by atoms with Crippen LogP contribution in [0.15, 0.2) is 42.7 Å². The van der Waals surface area contributed by atoms with Crippen molar-refractivity contribution in [3.05, 3.63) is 54.0 Å². The van der Waals surface area contributed by atoms with Gasteiger partial charge < -0.3 is 14.7 Å². The molecule has 0 unspecified atom stereocenters. The lowest BCUT2D eigenvalue weighted by atomic mass is 10.1. The minimum atomic E-state index is -0.0697. The van der Waals surface area contributed by atoms with Crippen LogP contribution in [0, 0.1) is 0 Å². The van der Waals surface area contributed by atoms with Gasteiger partial charge in [-0.15, -0.1) is 0 Å². The van der Waals surface area contributed by atoms with Gasteiger partial charge >= 0.3 is 0 Å². The van der Waals surface area contributed by atoms with Gasteiger partial charge in [-0.25, -0.2) is 4.98 Å². The Morgan fingerprint density at radius 1 is 1.00 bits per heavy atom. The van der Waals surface area contributed by atoms with E-state index < -0.39 is 0 Å². The molecule has 28 heavy (non-hydrogen) atoms. The van der Waals surface area contributed by atoms with Crippen molar-refractivity contribution in [2.24, 2.45) is 0 Å². The predicted molar refractivity (Wildman–Crippen MR) is 106 cm³/mol. The SMILES string of the molecule is O=C1CN(c2cncc(C(=O)N3CCCC3)n2)CCN1CCc1ccccc1. The molecule has 4 rings (SSSR count). The summed E-state index contributed by atoms with van der Waals surface area (Å²) >= 11 is 0. The Morgan fingerprint density at radius 2 is 1.79 bits per heavy atom. The molecule has 0 N–H and O–H groups in total. The van der Waals surface area contributed by atoms with Crippen molar-refractivity contribution < 1.29 is 9.59 Å². The van der Waals surface area contributed by atoms with Gasteiger partial charge in [0.15, 0.2) is 0 Å². The predicted octanol–water partition coefficient (Wildman–Crippen LogP) is 1.60. The summed E-state index contributed by atoms with van der Waals surface area (Å²) in [6, 6.07) is 10.2. The normalized spacial score (nSPS) is 17.3. The number of rotatable bonds is 5. The van der Waals surface area contributed by atoms with Gasteiger partial charge in [-0.2, -0.15) is 0 Å². The summed E-state index contributed by atoms with van der Waals surface area (Å²) in [4.78, 5) is 39.5. The van der Waals surface area contributed by atoms with E-state index in [0.717, 1.165) is 38.9 Å². The van der Waals surface area contributed by atoms with Crippen LogP contribution in [0.5, 0.6) is 0 Å². The third kappa shape index (κ3) is 4.13. The molecule has 0 radical (unpaired) electrons. The highest BCUT2D eigenvalue weighted by atomic mass is 16.2. The molecular weight excluding hydrogens is 354 g/mol. The van der Waals surface area contributed by atoms with Gasteiger partial charge in [0.05, 0.1) is 18.9 Å². The fourth-order valence-corrected chi connectivity index (χ4v) is 3.74. The first-order chi connectivity index (χ1) is 13.7. The topological polar surface area (TPSA) is 69.6 Å². The molecule has 1 aromatic heterocycles. The lowest BCUT2D eigenvalue weighted by Gasteiger charge is -2.35. The fourth-order valence-electron chi connectivity index (χ4n) is 3.74. The monoisotopic (exact) mass is 379 g/mol. The molecule has 7 heteroatoms. The van der Waals surface area contributed by atoms with Crippen LogP contribution in [0.1, 0.15) is 28.9 Å². The largest absolute Gasteiger partial charge is 0.344 e. The number of aromatic nitrogens is 2. The molecule has 2 saturated heterocycles. The summed E-state index contributed by atoms with van der Waals surface area (Å²) in [5, 5.41) is 0. The number of benzene rings is 1. The first-order valence-corrected chi connectivity index (χ1v) is 9.89. The Bertz CT molecular complexity index is 836. The first kappa shape index (κ1) is 18.4. The van der Waals surface area contributed by atoms with Crippen LogP contribution >= 0.6 is 0 Å². The Morgan fingerprint density at radius 3 is 2.54 bits per heavy atom. The first-order valence-electron chi connectivity index (χ1n) is 9.89. The smallest absolute Gasteiger partial charge is 0.274 e. The molecule has 0 aliphatic carbocycles. The van der Waals surface area contributed by atoms with Crippen LogP contribution in [0.2, 0.25) is 0 Å². The van der Waals surface area contributed by atoms with Crippen molar-refractivity contribution >= 4 is 17.6 Å². The van der Waals surface area contributed by atoms with Crippen LogP contribution in [0.3, 0.4) is 0 Å². The molecule has 3 heterocycles. The number of piperazine rings is 1. The fraction of sp³-hybridized carbons (Fsp3) is 0.429. The van der Waals surface area contributed by atoms with E-state index in [4.69, 9.17) is 0 Å². The van der Waals surface area contributed by atoms with Crippen LogP contribution < -0.4 is 4.90 Å². The number of likely N-dealkylation sites (tertiary alicyclic amines) is 1. The molecule has 2 aliphatic heterocycles. The number of hydrogen-bond acceptors (Lipinski definition) is 5. The minimum absolute atomic E-state index is 0.0697. The standard InChI is InChI=1S/C21H25N5O2/c27-20-16-26(13-12-24(20)11-8-17-6-2-1-3-7-17)19-15-22-14-18(23-19)21(28)25-9-4-5-10-25/h1-3,6-7,14-15H,4-5,8-13,16H2. The van der Waals surface area contributed by atoms with E-state index in [1.54, 1.807) is 6.20 Å². The Labute approximate surface area is 165 Å². The van der Waals surface area contributed by atoms with E-state index in [2.05, 4.69) is 22.1 Å². The number of carbonyl (C=O) groups is 2. The summed E-state index contributed by atoms with van der Waals surface area (Å²) in [6.07, 6.45) is 6.08. The van der Waals surface area contributed by atoms with Gasteiger partial charge in [0.25, 0.3) is 5.91 Å². The zero-order chi connectivity index (χ0) is 19.3. The number of hydrogen-bond donors (Lipinski definition) is 0. The lowest BCUT2D eigenvalue weighted by Crippen LogP contribution is -2.51. The van der Waals surface area contributed by atoms with Crippen LogP contribution in [0.4, 0.5) is 5.82 Å². The summed E-state index contributed by atoms with van der Waals surface area (Å²) in [5.41, 5.74) is 1.59. The Hall–Kier alpha value is -2.96. The Balaban J connectivity index is 1.36. The highest BCUT2D eigenvalue weighted by Gasteiger charge is 2.26. The third-order valence-electron chi connectivity index (χ3n) is 5.39. The highest BCUT2D eigenvalue weighted by molar-refractivity contribution is 5.92. The van der Waals surface area contributed by atoms with Crippen LogP contribution in [-0.4, -0.2) is 70.9 Å². The summed E-state index contributed by atoms with van der Waals surface area (Å²) in [5.74, 6) is 0.612.